The molecule has 0 aromatic heterocycles. The summed E-state index contributed by atoms with van der Waals surface area (Å²) in [5, 5.41) is 10.7. The van der Waals surface area contributed by atoms with Crippen LogP contribution in [0.1, 0.15) is 25.7 Å². The maximum atomic E-state index is 10.7. The van der Waals surface area contributed by atoms with Crippen molar-refractivity contribution < 1.29 is 4.92 Å². The molecule has 0 aliphatic heterocycles. The number of nitro groups is 1. The molecular formula is C12H15NO2S. The van der Waals surface area contributed by atoms with Gasteiger partial charge in [-0.1, -0.05) is 31.0 Å². The first kappa shape index (κ1) is 11.5. The van der Waals surface area contributed by atoms with Crippen LogP contribution in [-0.2, 0) is 0 Å². The highest BCUT2D eigenvalue weighted by Gasteiger charge is 2.39. The van der Waals surface area contributed by atoms with E-state index >= 15 is 0 Å². The number of thioether (sulfide) groups is 1. The third-order valence-electron chi connectivity index (χ3n) is 3.01. The molecule has 1 fully saturated rings. The molecule has 16 heavy (non-hydrogen) atoms. The fourth-order valence-electron chi connectivity index (χ4n) is 2.29. The van der Waals surface area contributed by atoms with E-state index in [1.807, 2.05) is 30.3 Å². The van der Waals surface area contributed by atoms with Crippen molar-refractivity contribution >= 4 is 11.8 Å². The van der Waals surface area contributed by atoms with E-state index in [1.54, 1.807) is 11.8 Å². The summed E-state index contributed by atoms with van der Waals surface area (Å²) in [5.74, 6) is 0. The first-order valence-electron chi connectivity index (χ1n) is 5.56. The fraction of sp³-hybridized carbons (Fsp3) is 0.500. The lowest BCUT2D eigenvalue weighted by molar-refractivity contribution is -0.484. The van der Waals surface area contributed by atoms with Crippen molar-refractivity contribution in [1.82, 2.24) is 0 Å². The molecule has 0 heterocycles. The van der Waals surface area contributed by atoms with Crippen LogP contribution in [0.3, 0.4) is 0 Å². The summed E-state index contributed by atoms with van der Waals surface area (Å²) in [7, 11) is 0. The molecule has 86 valence electrons. The van der Waals surface area contributed by atoms with Gasteiger partial charge in [0.15, 0.2) is 0 Å². The highest BCUT2D eigenvalue weighted by atomic mass is 32.2. The van der Waals surface area contributed by atoms with Crippen LogP contribution in [0.4, 0.5) is 0 Å². The first-order chi connectivity index (χ1) is 7.70. The topological polar surface area (TPSA) is 43.1 Å². The molecular weight excluding hydrogens is 222 g/mol. The molecule has 1 aromatic carbocycles. The van der Waals surface area contributed by atoms with Gasteiger partial charge in [-0.2, -0.15) is 0 Å². The van der Waals surface area contributed by atoms with Gasteiger partial charge in [0.1, 0.15) is 0 Å². The van der Waals surface area contributed by atoms with E-state index in [0.717, 1.165) is 30.6 Å². The molecule has 1 aromatic rings. The molecule has 0 saturated heterocycles. The van der Waals surface area contributed by atoms with Gasteiger partial charge in [-0.05, 0) is 25.0 Å². The SMILES string of the molecule is O=[N+]([O-])CC1(Sc2ccccc2)CCCC1. The van der Waals surface area contributed by atoms with Gasteiger partial charge in [-0.15, -0.1) is 11.8 Å². The third-order valence-corrected chi connectivity index (χ3v) is 4.49. The Morgan fingerprint density at radius 2 is 1.88 bits per heavy atom. The number of hydrogen-bond donors (Lipinski definition) is 0. The summed E-state index contributed by atoms with van der Waals surface area (Å²) >= 11 is 1.69. The van der Waals surface area contributed by atoms with E-state index in [1.165, 1.54) is 0 Å². The predicted octanol–water partition coefficient (Wildman–Crippen LogP) is 3.37. The summed E-state index contributed by atoms with van der Waals surface area (Å²) in [6.07, 6.45) is 4.17. The van der Waals surface area contributed by atoms with Gasteiger partial charge < -0.3 is 0 Å². The Kier molecular flexibility index (Phi) is 3.49. The minimum Gasteiger partial charge on any atom is -0.264 e. The van der Waals surface area contributed by atoms with Crippen LogP contribution < -0.4 is 0 Å². The number of hydrogen-bond acceptors (Lipinski definition) is 3. The maximum Gasteiger partial charge on any atom is 0.218 e. The van der Waals surface area contributed by atoms with E-state index in [9.17, 15) is 10.1 Å². The zero-order valence-electron chi connectivity index (χ0n) is 9.09. The Bertz CT molecular complexity index is 361. The number of benzene rings is 1. The van der Waals surface area contributed by atoms with Crippen LogP contribution in [0, 0.1) is 10.1 Å². The van der Waals surface area contributed by atoms with Gasteiger partial charge in [-0.25, -0.2) is 0 Å². The quantitative estimate of drug-likeness (QED) is 0.595. The van der Waals surface area contributed by atoms with Crippen LogP contribution in [0.25, 0.3) is 0 Å². The van der Waals surface area contributed by atoms with Crippen LogP contribution in [-0.4, -0.2) is 16.2 Å². The largest absolute Gasteiger partial charge is 0.264 e. The molecule has 1 saturated carbocycles. The van der Waals surface area contributed by atoms with Crippen molar-refractivity contribution in [3.63, 3.8) is 0 Å². The molecule has 0 N–H and O–H groups in total. The van der Waals surface area contributed by atoms with E-state index in [4.69, 9.17) is 0 Å². The second kappa shape index (κ2) is 4.87. The van der Waals surface area contributed by atoms with Gasteiger partial charge in [0, 0.05) is 9.82 Å². The molecule has 0 bridgehead atoms. The lowest BCUT2D eigenvalue weighted by atomic mass is 10.1. The average Bonchev–Trinajstić information content (AvgIpc) is 2.66. The minimum atomic E-state index is -0.165. The van der Waals surface area contributed by atoms with E-state index in [-0.39, 0.29) is 16.2 Å². The van der Waals surface area contributed by atoms with Gasteiger partial charge in [-0.3, -0.25) is 10.1 Å². The fourth-order valence-corrected chi connectivity index (χ4v) is 3.74. The Hall–Kier alpha value is -1.03. The standard InChI is InChI=1S/C12H15NO2S/c14-13(15)10-12(8-4-5-9-12)16-11-6-2-1-3-7-11/h1-3,6-7H,4-5,8-10H2. The Morgan fingerprint density at radius 3 is 2.44 bits per heavy atom. The molecule has 0 atom stereocenters. The van der Waals surface area contributed by atoms with Crippen LogP contribution in [0.2, 0.25) is 0 Å². The normalized spacial score (nSPS) is 18.5. The van der Waals surface area contributed by atoms with E-state index in [0.29, 0.717) is 0 Å². The molecule has 0 amide bonds. The summed E-state index contributed by atoms with van der Waals surface area (Å²) in [6, 6.07) is 10.0. The second-order valence-electron chi connectivity index (χ2n) is 4.30. The molecule has 0 radical (unpaired) electrons. The second-order valence-corrected chi connectivity index (χ2v) is 5.84. The molecule has 4 heteroatoms. The van der Waals surface area contributed by atoms with Gasteiger partial charge in [0.05, 0.1) is 4.75 Å². The smallest absolute Gasteiger partial charge is 0.218 e. The zero-order chi connectivity index (χ0) is 11.4. The third kappa shape index (κ3) is 2.76. The first-order valence-corrected chi connectivity index (χ1v) is 6.38. The lowest BCUT2D eigenvalue weighted by Crippen LogP contribution is -2.30. The molecule has 2 rings (SSSR count). The maximum absolute atomic E-state index is 10.7. The Labute approximate surface area is 99.4 Å². The van der Waals surface area contributed by atoms with E-state index in [2.05, 4.69) is 0 Å². The summed E-state index contributed by atoms with van der Waals surface area (Å²) in [4.78, 5) is 11.7. The molecule has 1 aliphatic rings. The van der Waals surface area contributed by atoms with Crippen molar-refractivity contribution in [2.45, 2.75) is 35.3 Å². The molecule has 3 nitrogen and oxygen atoms in total. The van der Waals surface area contributed by atoms with Gasteiger partial charge in [0.2, 0.25) is 6.54 Å². The molecule has 1 aliphatic carbocycles. The van der Waals surface area contributed by atoms with Crippen LogP contribution >= 0.6 is 11.8 Å². The molecule has 0 unspecified atom stereocenters. The van der Waals surface area contributed by atoms with Crippen molar-refractivity contribution in [3.05, 3.63) is 40.4 Å². The zero-order valence-corrected chi connectivity index (χ0v) is 9.91. The number of nitrogens with zero attached hydrogens (tertiary/aromatic N) is 1. The Morgan fingerprint density at radius 1 is 1.25 bits per heavy atom. The minimum absolute atomic E-state index is 0.0898. The summed E-state index contributed by atoms with van der Waals surface area (Å²) in [5.41, 5.74) is 0. The van der Waals surface area contributed by atoms with Crippen molar-refractivity contribution in [2.24, 2.45) is 0 Å². The monoisotopic (exact) mass is 237 g/mol. The highest BCUT2D eigenvalue weighted by Crippen LogP contribution is 2.45. The summed E-state index contributed by atoms with van der Waals surface area (Å²) < 4.78 is -0.162. The summed E-state index contributed by atoms with van der Waals surface area (Å²) in [6.45, 7) is 0.0898. The highest BCUT2D eigenvalue weighted by molar-refractivity contribution is 8.00. The average molecular weight is 237 g/mol. The number of rotatable bonds is 4. The van der Waals surface area contributed by atoms with Crippen molar-refractivity contribution in [1.29, 1.82) is 0 Å². The lowest BCUT2D eigenvalue weighted by Gasteiger charge is -2.23. The van der Waals surface area contributed by atoms with E-state index < -0.39 is 0 Å². The van der Waals surface area contributed by atoms with Crippen LogP contribution in [0.5, 0.6) is 0 Å². The molecule has 0 spiro atoms. The van der Waals surface area contributed by atoms with Gasteiger partial charge in [0.25, 0.3) is 0 Å². The predicted molar refractivity (Wildman–Crippen MR) is 65.4 cm³/mol. The Balaban J connectivity index is 2.11. The van der Waals surface area contributed by atoms with Crippen LogP contribution in [0.15, 0.2) is 35.2 Å². The van der Waals surface area contributed by atoms with Crippen molar-refractivity contribution in [2.75, 3.05) is 6.54 Å². The van der Waals surface area contributed by atoms with Gasteiger partial charge >= 0.3 is 0 Å². The van der Waals surface area contributed by atoms with Crippen molar-refractivity contribution in [3.8, 4) is 0 Å².